The predicted octanol–water partition coefficient (Wildman–Crippen LogP) is 2.28. The number of ether oxygens (including phenoxy) is 6. The second-order valence-corrected chi connectivity index (χ2v) is 7.07. The fraction of sp³-hybridized carbons (Fsp3) is 0.435. The molecular weight excluding hydrogens is 420 g/mol. The molecule has 1 aliphatic heterocycles. The van der Waals surface area contributed by atoms with Crippen LogP contribution < -0.4 is 9.47 Å². The summed E-state index contributed by atoms with van der Waals surface area (Å²) in [6, 6.07) is 16.0. The van der Waals surface area contributed by atoms with Crippen molar-refractivity contribution in [3.05, 3.63) is 60.2 Å². The van der Waals surface area contributed by atoms with Crippen LogP contribution in [0.15, 0.2) is 54.6 Å². The maximum absolute atomic E-state index is 11.6. The summed E-state index contributed by atoms with van der Waals surface area (Å²) in [6.07, 6.45) is -6.69. The summed E-state index contributed by atoms with van der Waals surface area (Å²) in [6.45, 7) is 1.62. The average molecular weight is 448 g/mol. The standard InChI is InChI=1S/C23H28O9/c1-3-28-23(26)30-14-18-19(24)21(29-13-15-9-11-16(27-2)12-10-15)20(25)22(32-18)31-17-7-5-4-6-8-17/h4-12,18-22,24-25H,3,13-14H2,1-2H3/t18-,19-,20-,21+,22+/m1/s1. The van der Waals surface area contributed by atoms with E-state index in [9.17, 15) is 15.0 Å². The summed E-state index contributed by atoms with van der Waals surface area (Å²) in [5, 5.41) is 21.6. The predicted molar refractivity (Wildman–Crippen MR) is 112 cm³/mol. The first-order chi connectivity index (χ1) is 15.5. The Labute approximate surface area is 186 Å². The summed E-state index contributed by atoms with van der Waals surface area (Å²) in [4.78, 5) is 11.6. The summed E-state index contributed by atoms with van der Waals surface area (Å²) in [5.74, 6) is 1.17. The first-order valence-corrected chi connectivity index (χ1v) is 10.3. The van der Waals surface area contributed by atoms with Gasteiger partial charge in [0.1, 0.15) is 42.5 Å². The van der Waals surface area contributed by atoms with Crippen molar-refractivity contribution in [1.82, 2.24) is 0 Å². The molecule has 1 saturated heterocycles. The lowest BCUT2D eigenvalue weighted by Crippen LogP contribution is -2.61. The van der Waals surface area contributed by atoms with Crippen LogP contribution >= 0.6 is 0 Å². The normalized spacial score (nSPS) is 25.1. The van der Waals surface area contributed by atoms with E-state index in [0.29, 0.717) is 11.5 Å². The van der Waals surface area contributed by atoms with E-state index in [1.54, 1.807) is 50.4 Å². The second kappa shape index (κ2) is 11.7. The molecule has 1 heterocycles. The van der Waals surface area contributed by atoms with Gasteiger partial charge in [-0.25, -0.2) is 4.79 Å². The first-order valence-electron chi connectivity index (χ1n) is 10.3. The Kier molecular flexibility index (Phi) is 8.69. The number of rotatable bonds is 9. The lowest BCUT2D eigenvalue weighted by Gasteiger charge is -2.41. The van der Waals surface area contributed by atoms with Crippen molar-refractivity contribution in [2.75, 3.05) is 20.3 Å². The van der Waals surface area contributed by atoms with Gasteiger partial charge in [0, 0.05) is 0 Å². The van der Waals surface area contributed by atoms with Gasteiger partial charge < -0.3 is 38.6 Å². The molecule has 5 atom stereocenters. The van der Waals surface area contributed by atoms with Crippen LogP contribution in [0.3, 0.4) is 0 Å². The van der Waals surface area contributed by atoms with Crippen molar-refractivity contribution in [2.45, 2.75) is 44.2 Å². The summed E-state index contributed by atoms with van der Waals surface area (Å²) >= 11 is 0. The molecule has 1 fully saturated rings. The van der Waals surface area contributed by atoms with Crippen molar-refractivity contribution in [2.24, 2.45) is 0 Å². The van der Waals surface area contributed by atoms with Gasteiger partial charge in [0.2, 0.25) is 6.29 Å². The van der Waals surface area contributed by atoms with Gasteiger partial charge in [-0.1, -0.05) is 30.3 Å². The maximum Gasteiger partial charge on any atom is 0.508 e. The van der Waals surface area contributed by atoms with Crippen molar-refractivity contribution in [3.63, 3.8) is 0 Å². The van der Waals surface area contributed by atoms with E-state index >= 15 is 0 Å². The molecule has 9 nitrogen and oxygen atoms in total. The lowest BCUT2D eigenvalue weighted by molar-refractivity contribution is -0.288. The number of methoxy groups -OCH3 is 1. The minimum atomic E-state index is -1.30. The van der Waals surface area contributed by atoms with Crippen LogP contribution in [0.4, 0.5) is 4.79 Å². The van der Waals surface area contributed by atoms with Crippen LogP contribution in [-0.4, -0.2) is 67.4 Å². The maximum atomic E-state index is 11.6. The number of benzene rings is 2. The molecule has 0 radical (unpaired) electrons. The molecule has 0 bridgehead atoms. The summed E-state index contributed by atoms with van der Waals surface area (Å²) in [7, 11) is 1.58. The molecule has 0 aliphatic carbocycles. The van der Waals surface area contributed by atoms with Crippen LogP contribution in [0.1, 0.15) is 12.5 Å². The molecule has 3 rings (SSSR count). The third-order valence-electron chi connectivity index (χ3n) is 4.87. The quantitative estimate of drug-likeness (QED) is 0.558. The van der Waals surface area contributed by atoms with Crippen LogP contribution in [0.5, 0.6) is 11.5 Å². The molecule has 32 heavy (non-hydrogen) atoms. The summed E-state index contributed by atoms with van der Waals surface area (Å²) < 4.78 is 32.2. The molecule has 0 amide bonds. The number of aliphatic hydroxyl groups excluding tert-OH is 2. The number of para-hydroxylation sites is 1. The zero-order valence-electron chi connectivity index (χ0n) is 18.0. The van der Waals surface area contributed by atoms with Crippen LogP contribution in [0, 0.1) is 0 Å². The highest BCUT2D eigenvalue weighted by molar-refractivity contribution is 5.59. The second-order valence-electron chi connectivity index (χ2n) is 7.07. The van der Waals surface area contributed by atoms with E-state index in [0.717, 1.165) is 5.56 Å². The number of aliphatic hydroxyl groups is 2. The molecule has 0 unspecified atom stereocenters. The fourth-order valence-corrected chi connectivity index (χ4v) is 3.19. The third kappa shape index (κ3) is 6.33. The molecule has 2 aromatic carbocycles. The summed E-state index contributed by atoms with van der Waals surface area (Å²) in [5.41, 5.74) is 0.816. The largest absolute Gasteiger partial charge is 0.508 e. The van der Waals surface area contributed by atoms with Gasteiger partial charge >= 0.3 is 6.16 Å². The van der Waals surface area contributed by atoms with Crippen molar-refractivity contribution >= 4 is 6.16 Å². The topological polar surface area (TPSA) is 113 Å². The van der Waals surface area contributed by atoms with E-state index in [-0.39, 0.29) is 19.8 Å². The van der Waals surface area contributed by atoms with Gasteiger partial charge in [0.25, 0.3) is 0 Å². The van der Waals surface area contributed by atoms with Gasteiger partial charge in [0.15, 0.2) is 0 Å². The van der Waals surface area contributed by atoms with E-state index in [1.807, 2.05) is 18.2 Å². The fourth-order valence-electron chi connectivity index (χ4n) is 3.19. The monoisotopic (exact) mass is 448 g/mol. The minimum absolute atomic E-state index is 0.117. The number of carbonyl (C=O) groups excluding carboxylic acids is 1. The molecule has 0 aromatic heterocycles. The molecule has 174 valence electrons. The van der Waals surface area contributed by atoms with Gasteiger partial charge in [-0.05, 0) is 36.8 Å². The molecular formula is C23H28O9. The molecule has 0 spiro atoms. The molecule has 9 heteroatoms. The van der Waals surface area contributed by atoms with Crippen molar-refractivity contribution in [3.8, 4) is 11.5 Å². The van der Waals surface area contributed by atoms with Gasteiger partial charge in [-0.15, -0.1) is 0 Å². The Hall–Kier alpha value is -2.85. The Morgan fingerprint density at radius 2 is 1.69 bits per heavy atom. The molecule has 2 aromatic rings. The molecule has 2 N–H and O–H groups in total. The van der Waals surface area contributed by atoms with Gasteiger partial charge in [-0.2, -0.15) is 0 Å². The number of carbonyl (C=O) groups is 1. The first kappa shape index (κ1) is 23.8. The minimum Gasteiger partial charge on any atom is -0.497 e. The Bertz CT molecular complexity index is 827. The number of hydrogen-bond donors (Lipinski definition) is 2. The highest BCUT2D eigenvalue weighted by Gasteiger charge is 2.47. The zero-order valence-corrected chi connectivity index (χ0v) is 18.0. The Morgan fingerprint density at radius 3 is 2.34 bits per heavy atom. The van der Waals surface area contributed by atoms with Gasteiger partial charge in [0.05, 0.1) is 20.3 Å². The molecule has 0 saturated carbocycles. The smallest absolute Gasteiger partial charge is 0.497 e. The highest BCUT2D eigenvalue weighted by Crippen LogP contribution is 2.27. The Balaban J connectivity index is 1.71. The number of hydrogen-bond acceptors (Lipinski definition) is 9. The Morgan fingerprint density at radius 1 is 0.969 bits per heavy atom. The lowest BCUT2D eigenvalue weighted by atomic mass is 9.99. The van der Waals surface area contributed by atoms with Crippen LogP contribution in [0.25, 0.3) is 0 Å². The van der Waals surface area contributed by atoms with Crippen molar-refractivity contribution < 1.29 is 43.4 Å². The van der Waals surface area contributed by atoms with Gasteiger partial charge in [-0.3, -0.25) is 0 Å². The SMILES string of the molecule is CCOC(=O)OC[C@H]1O[C@H](Oc2ccccc2)[C@H](O)[C@@H](OCc2ccc(OC)cc2)[C@@H]1O. The highest BCUT2D eigenvalue weighted by atomic mass is 16.7. The molecule has 1 aliphatic rings. The van der Waals surface area contributed by atoms with E-state index in [4.69, 9.17) is 28.4 Å². The van der Waals surface area contributed by atoms with Crippen LogP contribution in [0.2, 0.25) is 0 Å². The van der Waals surface area contributed by atoms with E-state index < -0.39 is 36.9 Å². The van der Waals surface area contributed by atoms with Crippen LogP contribution in [-0.2, 0) is 25.6 Å². The van der Waals surface area contributed by atoms with E-state index in [1.165, 1.54) is 0 Å². The zero-order chi connectivity index (χ0) is 22.9. The van der Waals surface area contributed by atoms with E-state index in [2.05, 4.69) is 0 Å². The average Bonchev–Trinajstić information content (AvgIpc) is 2.81. The van der Waals surface area contributed by atoms with Crippen molar-refractivity contribution in [1.29, 1.82) is 0 Å². The third-order valence-corrected chi connectivity index (χ3v) is 4.87.